The molecule has 0 aliphatic rings. The van der Waals surface area contributed by atoms with Gasteiger partial charge >= 0.3 is 0 Å². The van der Waals surface area contributed by atoms with Crippen LogP contribution in [0.5, 0.6) is 5.75 Å². The number of amides is 2. The fraction of sp³-hybridized carbons (Fsp3) is 0.355. The summed E-state index contributed by atoms with van der Waals surface area (Å²) in [6, 6.07) is 20.6. The molecule has 41 heavy (non-hydrogen) atoms. The first-order valence-electron chi connectivity index (χ1n) is 13.4. The van der Waals surface area contributed by atoms with Crippen molar-refractivity contribution in [1.29, 1.82) is 0 Å². The number of hydrogen-bond donors (Lipinski definition) is 1. The third-order valence-electron chi connectivity index (χ3n) is 6.98. The Labute approximate surface area is 248 Å². The van der Waals surface area contributed by atoms with Crippen LogP contribution in [-0.4, -0.2) is 57.1 Å². The number of carbonyl (C=O) groups excluding carboxylic acids is 2. The van der Waals surface area contributed by atoms with Gasteiger partial charge in [-0.2, -0.15) is 0 Å². The van der Waals surface area contributed by atoms with Crippen LogP contribution in [-0.2, 0) is 32.6 Å². The van der Waals surface area contributed by atoms with Crippen LogP contribution in [0.15, 0.2) is 72.8 Å². The molecule has 0 bridgehead atoms. The Kier molecular flexibility index (Phi) is 11.2. The van der Waals surface area contributed by atoms with Crippen molar-refractivity contribution in [3.63, 3.8) is 0 Å². The van der Waals surface area contributed by atoms with Gasteiger partial charge in [0.05, 0.1) is 24.1 Å². The van der Waals surface area contributed by atoms with Gasteiger partial charge in [0.2, 0.25) is 21.8 Å². The minimum Gasteiger partial charge on any atom is -0.495 e. The van der Waals surface area contributed by atoms with Gasteiger partial charge in [-0.05, 0) is 55.2 Å². The van der Waals surface area contributed by atoms with Crippen molar-refractivity contribution in [2.45, 2.75) is 52.2 Å². The monoisotopic (exact) mass is 599 g/mol. The normalized spacial score (nSPS) is 12.7. The fourth-order valence-corrected chi connectivity index (χ4v) is 5.48. The van der Waals surface area contributed by atoms with E-state index in [0.29, 0.717) is 5.75 Å². The van der Waals surface area contributed by atoms with Crippen LogP contribution < -0.4 is 14.4 Å². The van der Waals surface area contributed by atoms with Crippen molar-refractivity contribution in [2.24, 2.45) is 0 Å². The summed E-state index contributed by atoms with van der Waals surface area (Å²) in [6.45, 7) is 5.42. The van der Waals surface area contributed by atoms with Gasteiger partial charge in [0.25, 0.3) is 0 Å². The third kappa shape index (κ3) is 8.71. The fourth-order valence-electron chi connectivity index (χ4n) is 4.39. The van der Waals surface area contributed by atoms with Crippen LogP contribution in [0, 0.1) is 6.92 Å². The van der Waals surface area contributed by atoms with Crippen molar-refractivity contribution in [1.82, 2.24) is 10.2 Å². The van der Waals surface area contributed by atoms with E-state index < -0.39 is 28.5 Å². The van der Waals surface area contributed by atoms with Gasteiger partial charge in [-0.25, -0.2) is 8.42 Å². The van der Waals surface area contributed by atoms with Crippen molar-refractivity contribution in [3.8, 4) is 5.75 Å². The molecule has 0 aliphatic carbocycles. The molecule has 0 saturated carbocycles. The molecule has 0 spiro atoms. The molecule has 0 aromatic heterocycles. The topological polar surface area (TPSA) is 96.0 Å². The highest BCUT2D eigenvalue weighted by Gasteiger charge is 2.33. The van der Waals surface area contributed by atoms with Gasteiger partial charge in [0, 0.05) is 19.0 Å². The van der Waals surface area contributed by atoms with E-state index in [4.69, 9.17) is 16.3 Å². The summed E-state index contributed by atoms with van der Waals surface area (Å²) >= 11 is 6.30. The molecule has 3 rings (SSSR count). The van der Waals surface area contributed by atoms with Gasteiger partial charge < -0.3 is 15.0 Å². The first-order chi connectivity index (χ1) is 19.4. The molecule has 0 saturated heterocycles. The zero-order chi connectivity index (χ0) is 30.2. The minimum atomic E-state index is -3.91. The number of nitrogens with zero attached hydrogens (tertiary/aromatic N) is 2. The van der Waals surface area contributed by atoms with E-state index in [2.05, 4.69) is 5.32 Å². The van der Waals surface area contributed by atoms with Crippen LogP contribution >= 0.6 is 11.6 Å². The van der Waals surface area contributed by atoms with Crippen LogP contribution in [0.2, 0.25) is 5.02 Å². The van der Waals surface area contributed by atoms with E-state index in [9.17, 15) is 18.0 Å². The van der Waals surface area contributed by atoms with Crippen LogP contribution in [0.3, 0.4) is 0 Å². The number of hydrogen-bond acceptors (Lipinski definition) is 5. The Morgan fingerprint density at radius 1 is 1.02 bits per heavy atom. The number of carbonyl (C=O) groups is 2. The summed E-state index contributed by atoms with van der Waals surface area (Å²) in [5.74, 6) is -0.449. The molecule has 0 fully saturated rings. The highest BCUT2D eigenvalue weighted by Crippen LogP contribution is 2.30. The second-order valence-electron chi connectivity index (χ2n) is 10.1. The van der Waals surface area contributed by atoms with Crippen LogP contribution in [0.4, 0.5) is 5.69 Å². The number of benzene rings is 3. The summed E-state index contributed by atoms with van der Waals surface area (Å²) in [5.41, 5.74) is 2.90. The molecule has 0 radical (unpaired) electrons. The first-order valence-corrected chi connectivity index (χ1v) is 15.7. The molecule has 2 unspecified atom stereocenters. The molecule has 0 heterocycles. The SMILES string of the molecule is CCC(C)NC(=O)C(Cc1ccccc1)N(Cc1ccccc1C)C(=O)CN(c1ccc(OC)c(Cl)c1)S(C)(=O)=O. The summed E-state index contributed by atoms with van der Waals surface area (Å²) in [5, 5.41) is 3.23. The summed E-state index contributed by atoms with van der Waals surface area (Å²) in [7, 11) is -2.45. The number of aryl methyl sites for hydroxylation is 1. The summed E-state index contributed by atoms with van der Waals surface area (Å²) in [4.78, 5) is 29.4. The Morgan fingerprint density at radius 2 is 1.68 bits per heavy atom. The maximum Gasteiger partial charge on any atom is 0.244 e. The van der Waals surface area contributed by atoms with Crippen molar-refractivity contribution in [2.75, 3.05) is 24.2 Å². The van der Waals surface area contributed by atoms with Crippen molar-refractivity contribution >= 4 is 39.1 Å². The predicted octanol–water partition coefficient (Wildman–Crippen LogP) is 4.98. The smallest absolute Gasteiger partial charge is 0.244 e. The molecule has 3 aromatic rings. The lowest BCUT2D eigenvalue weighted by Gasteiger charge is -2.34. The lowest BCUT2D eigenvalue weighted by Crippen LogP contribution is -2.54. The minimum absolute atomic E-state index is 0.106. The number of anilines is 1. The van der Waals surface area contributed by atoms with Crippen LogP contribution in [0.1, 0.15) is 37.0 Å². The molecular formula is C31H38ClN3O5S. The summed E-state index contributed by atoms with van der Waals surface area (Å²) in [6.07, 6.45) is 2.00. The van der Waals surface area contributed by atoms with Crippen molar-refractivity contribution in [3.05, 3.63) is 94.5 Å². The molecule has 10 heteroatoms. The second-order valence-corrected chi connectivity index (χ2v) is 12.4. The standard InChI is InChI=1S/C31H38ClN3O5S/c1-6-23(3)33-31(37)28(18-24-13-8-7-9-14-24)34(20-25-15-11-10-12-22(25)2)30(36)21-35(41(5,38)39)26-16-17-29(40-4)27(32)19-26/h7-17,19,23,28H,6,18,20-21H2,1-5H3,(H,33,37). The molecule has 1 N–H and O–H groups in total. The molecule has 2 atom stereocenters. The van der Waals surface area contributed by atoms with E-state index in [0.717, 1.165) is 33.7 Å². The lowest BCUT2D eigenvalue weighted by molar-refractivity contribution is -0.140. The lowest BCUT2D eigenvalue weighted by atomic mass is 10.0. The molecular weight excluding hydrogens is 562 g/mol. The average molecular weight is 600 g/mol. The quantitative estimate of drug-likeness (QED) is 0.299. The second kappa shape index (κ2) is 14.4. The number of halogens is 1. The number of methoxy groups -OCH3 is 1. The first kappa shape index (κ1) is 32.0. The number of rotatable bonds is 13. The van der Waals surface area contributed by atoms with Gasteiger partial charge in [0.15, 0.2) is 0 Å². The highest BCUT2D eigenvalue weighted by atomic mass is 35.5. The molecule has 3 aromatic carbocycles. The number of sulfonamides is 1. The van der Waals surface area contributed by atoms with Gasteiger partial charge in [-0.1, -0.05) is 73.1 Å². The zero-order valence-corrected chi connectivity index (χ0v) is 25.7. The van der Waals surface area contributed by atoms with E-state index in [1.165, 1.54) is 24.1 Å². The molecule has 0 aliphatic heterocycles. The summed E-state index contributed by atoms with van der Waals surface area (Å²) < 4.78 is 32.1. The number of ether oxygens (including phenoxy) is 1. The van der Waals surface area contributed by atoms with E-state index in [-0.39, 0.29) is 35.6 Å². The maximum atomic E-state index is 14.2. The van der Waals surface area contributed by atoms with Crippen LogP contribution in [0.25, 0.3) is 0 Å². The highest BCUT2D eigenvalue weighted by molar-refractivity contribution is 7.92. The number of nitrogens with one attached hydrogen (secondary N) is 1. The molecule has 220 valence electrons. The van der Waals surface area contributed by atoms with Crippen molar-refractivity contribution < 1.29 is 22.7 Å². The molecule has 8 nitrogen and oxygen atoms in total. The van der Waals surface area contributed by atoms with Gasteiger partial charge in [-0.3, -0.25) is 13.9 Å². The Hall–Kier alpha value is -3.56. The third-order valence-corrected chi connectivity index (χ3v) is 8.41. The molecule has 2 amide bonds. The maximum absolute atomic E-state index is 14.2. The zero-order valence-electron chi connectivity index (χ0n) is 24.1. The average Bonchev–Trinajstić information content (AvgIpc) is 2.94. The Balaban J connectivity index is 2.08. The van der Waals surface area contributed by atoms with E-state index in [1.54, 1.807) is 6.07 Å². The van der Waals surface area contributed by atoms with Gasteiger partial charge in [0.1, 0.15) is 18.3 Å². The predicted molar refractivity (Wildman–Crippen MR) is 164 cm³/mol. The Morgan fingerprint density at radius 3 is 2.27 bits per heavy atom. The Bertz CT molecular complexity index is 1450. The van der Waals surface area contributed by atoms with E-state index >= 15 is 0 Å². The van der Waals surface area contributed by atoms with E-state index in [1.807, 2.05) is 75.4 Å². The van der Waals surface area contributed by atoms with Gasteiger partial charge in [-0.15, -0.1) is 0 Å². The largest absolute Gasteiger partial charge is 0.495 e.